The van der Waals surface area contributed by atoms with Crippen molar-refractivity contribution in [2.45, 2.75) is 39.2 Å². The zero-order valence-corrected chi connectivity index (χ0v) is 30.0. The molecular formula is C42H42N2O10. The Kier molecular flexibility index (Phi) is 16.7. The van der Waals surface area contributed by atoms with Gasteiger partial charge in [-0.3, -0.25) is 0 Å². The lowest BCUT2D eigenvalue weighted by molar-refractivity contribution is -0.218. The highest BCUT2D eigenvalue weighted by Crippen LogP contribution is 2.29. The summed E-state index contributed by atoms with van der Waals surface area (Å²) in [6.45, 7) is 10.2. The fourth-order valence-electron chi connectivity index (χ4n) is 4.57. The van der Waals surface area contributed by atoms with Crippen LogP contribution in [0.3, 0.4) is 0 Å². The third kappa shape index (κ3) is 14.2. The van der Waals surface area contributed by atoms with Crippen molar-refractivity contribution >= 4 is 30.3 Å². The van der Waals surface area contributed by atoms with E-state index in [-0.39, 0.29) is 12.6 Å². The largest absolute Gasteiger partial charge is 0.494 e. The Morgan fingerprint density at radius 3 is 1.93 bits per heavy atom. The van der Waals surface area contributed by atoms with Crippen molar-refractivity contribution in [1.82, 2.24) is 0 Å². The molecule has 4 rings (SSSR count). The quantitative estimate of drug-likeness (QED) is 0.0148. The second-order valence-corrected chi connectivity index (χ2v) is 11.4. The van der Waals surface area contributed by atoms with Gasteiger partial charge in [0.25, 0.3) is 0 Å². The zero-order chi connectivity index (χ0) is 38.4. The second kappa shape index (κ2) is 22.4. The lowest BCUT2D eigenvalue weighted by Gasteiger charge is -2.11. The van der Waals surface area contributed by atoms with Gasteiger partial charge >= 0.3 is 17.9 Å². The molecule has 4 aromatic rings. The molecule has 0 atom stereocenters. The number of benzene rings is 4. The molecule has 0 spiro atoms. The summed E-state index contributed by atoms with van der Waals surface area (Å²) in [4.78, 5) is 45.9. The standard InChI is InChI=1S/C42H42N2O10/c1-4-40(45)50-26-10-8-7-9-25-49-35-18-13-32(14-19-35)30-51-54-38-24-15-33(27-39(38)48-6-3)29-44-43-28-31-11-20-37(21-12-31)53-42(47)34-16-22-36(23-17-34)52-41(46)5-2/h4-5,11-24,27-29H,1-2,6-10,25-26,30H2,3H3. The van der Waals surface area contributed by atoms with Gasteiger partial charge in [-0.2, -0.15) is 15.1 Å². The van der Waals surface area contributed by atoms with Gasteiger partial charge in [0.1, 0.15) is 23.9 Å². The highest BCUT2D eigenvalue weighted by atomic mass is 17.2. The predicted octanol–water partition coefficient (Wildman–Crippen LogP) is 8.03. The van der Waals surface area contributed by atoms with Crippen LogP contribution in [0.25, 0.3) is 0 Å². The average Bonchev–Trinajstić information content (AvgIpc) is 3.19. The van der Waals surface area contributed by atoms with E-state index in [4.69, 9.17) is 33.5 Å². The molecule has 0 aliphatic heterocycles. The third-order valence-corrected chi connectivity index (χ3v) is 7.33. The maximum Gasteiger partial charge on any atom is 0.343 e. The van der Waals surface area contributed by atoms with E-state index in [1.807, 2.05) is 31.2 Å². The number of rotatable bonds is 22. The van der Waals surface area contributed by atoms with E-state index in [1.54, 1.807) is 54.9 Å². The van der Waals surface area contributed by atoms with Crippen molar-refractivity contribution in [1.29, 1.82) is 0 Å². The molecule has 0 saturated carbocycles. The summed E-state index contributed by atoms with van der Waals surface area (Å²) in [5.41, 5.74) is 2.68. The lowest BCUT2D eigenvalue weighted by Crippen LogP contribution is -2.09. The third-order valence-electron chi connectivity index (χ3n) is 7.33. The number of ether oxygens (including phenoxy) is 5. The minimum absolute atomic E-state index is 0.216. The van der Waals surface area contributed by atoms with Crippen LogP contribution in [0.1, 0.15) is 59.7 Å². The molecule has 0 bridgehead atoms. The maximum atomic E-state index is 12.5. The van der Waals surface area contributed by atoms with E-state index in [2.05, 4.69) is 23.4 Å². The van der Waals surface area contributed by atoms with Gasteiger partial charge in [0.15, 0.2) is 5.75 Å². The molecule has 0 aliphatic carbocycles. The summed E-state index contributed by atoms with van der Waals surface area (Å²) in [5.74, 6) is 0.782. The number of hydrogen-bond donors (Lipinski definition) is 0. The SMILES string of the molecule is C=CC(=O)OCCCCCCOc1ccc(COOc2ccc(C=NN=Cc3ccc(OC(=O)c4ccc(OC(=O)C=C)cc4)cc3)cc2OCC)cc1. The highest BCUT2D eigenvalue weighted by Gasteiger charge is 2.11. The number of esters is 3. The lowest BCUT2D eigenvalue weighted by atomic mass is 10.2. The highest BCUT2D eigenvalue weighted by molar-refractivity contribution is 5.91. The van der Waals surface area contributed by atoms with Crippen LogP contribution in [0.2, 0.25) is 0 Å². The first-order valence-electron chi connectivity index (χ1n) is 17.3. The minimum Gasteiger partial charge on any atom is -0.494 e. The van der Waals surface area contributed by atoms with Crippen LogP contribution in [-0.4, -0.2) is 50.2 Å². The van der Waals surface area contributed by atoms with Crippen LogP contribution >= 0.6 is 0 Å². The molecule has 280 valence electrons. The Bertz CT molecular complexity index is 1890. The Hall–Kier alpha value is -6.53. The molecule has 0 fully saturated rings. The molecular weight excluding hydrogens is 692 g/mol. The Morgan fingerprint density at radius 2 is 1.24 bits per heavy atom. The van der Waals surface area contributed by atoms with E-state index >= 15 is 0 Å². The molecule has 0 N–H and O–H groups in total. The monoisotopic (exact) mass is 734 g/mol. The summed E-state index contributed by atoms with van der Waals surface area (Å²) in [6, 6.07) is 25.7. The summed E-state index contributed by atoms with van der Waals surface area (Å²) in [6.07, 6.45) is 9.03. The first-order chi connectivity index (χ1) is 26.4. The van der Waals surface area contributed by atoms with Crippen LogP contribution < -0.4 is 23.8 Å². The topological polar surface area (TPSA) is 141 Å². The molecule has 54 heavy (non-hydrogen) atoms. The molecule has 4 aromatic carbocycles. The van der Waals surface area contributed by atoms with Gasteiger partial charge in [-0.15, -0.1) is 0 Å². The van der Waals surface area contributed by atoms with Gasteiger partial charge in [-0.25, -0.2) is 14.4 Å². The number of carbonyl (C=O) groups excluding carboxylic acids is 3. The Balaban J connectivity index is 1.18. The van der Waals surface area contributed by atoms with Crippen LogP contribution in [0, 0.1) is 0 Å². The van der Waals surface area contributed by atoms with Crippen LogP contribution in [-0.2, 0) is 25.8 Å². The fraction of sp³-hybridized carbons (Fsp3) is 0.214. The molecule has 0 unspecified atom stereocenters. The van der Waals surface area contributed by atoms with Crippen LogP contribution in [0.4, 0.5) is 0 Å². The Morgan fingerprint density at radius 1 is 0.630 bits per heavy atom. The van der Waals surface area contributed by atoms with E-state index < -0.39 is 11.9 Å². The van der Waals surface area contributed by atoms with Crippen molar-refractivity contribution in [3.05, 3.63) is 139 Å². The molecule has 0 heterocycles. The first kappa shape index (κ1) is 40.2. The normalized spacial score (nSPS) is 10.8. The molecule has 12 heteroatoms. The summed E-state index contributed by atoms with van der Waals surface area (Å²) in [7, 11) is 0. The molecule has 12 nitrogen and oxygen atoms in total. The zero-order valence-electron chi connectivity index (χ0n) is 30.0. The summed E-state index contributed by atoms with van der Waals surface area (Å²) in [5, 5.41) is 8.24. The number of unbranched alkanes of at least 4 members (excludes halogenated alkanes) is 3. The summed E-state index contributed by atoms with van der Waals surface area (Å²) >= 11 is 0. The van der Waals surface area contributed by atoms with Gasteiger partial charge in [0.2, 0.25) is 5.75 Å². The van der Waals surface area contributed by atoms with Gasteiger partial charge in [-0.05, 0) is 128 Å². The number of carbonyl (C=O) groups is 3. The van der Waals surface area contributed by atoms with E-state index in [9.17, 15) is 14.4 Å². The predicted molar refractivity (Wildman–Crippen MR) is 203 cm³/mol. The van der Waals surface area contributed by atoms with E-state index in [0.717, 1.165) is 54.2 Å². The van der Waals surface area contributed by atoms with E-state index in [1.165, 1.54) is 30.3 Å². The molecule has 0 saturated heterocycles. The van der Waals surface area contributed by atoms with Gasteiger partial charge in [0, 0.05) is 12.2 Å². The fourth-order valence-corrected chi connectivity index (χ4v) is 4.57. The number of nitrogens with zero attached hydrogens (tertiary/aromatic N) is 2. The van der Waals surface area contributed by atoms with Crippen molar-refractivity contribution in [3.8, 4) is 28.7 Å². The first-order valence-corrected chi connectivity index (χ1v) is 17.3. The molecule has 0 aliphatic rings. The Labute approximate surface area is 314 Å². The summed E-state index contributed by atoms with van der Waals surface area (Å²) < 4.78 is 27.0. The van der Waals surface area contributed by atoms with Gasteiger partial charge in [-0.1, -0.05) is 25.3 Å². The number of hydrogen-bond acceptors (Lipinski definition) is 12. The van der Waals surface area contributed by atoms with Gasteiger partial charge in [0.05, 0.1) is 37.8 Å². The molecule has 0 radical (unpaired) electrons. The van der Waals surface area contributed by atoms with Gasteiger partial charge < -0.3 is 28.6 Å². The average molecular weight is 735 g/mol. The van der Waals surface area contributed by atoms with Crippen molar-refractivity contribution < 1.29 is 47.8 Å². The van der Waals surface area contributed by atoms with Crippen molar-refractivity contribution in [2.24, 2.45) is 10.2 Å². The second-order valence-electron chi connectivity index (χ2n) is 11.4. The van der Waals surface area contributed by atoms with Crippen LogP contribution in [0.5, 0.6) is 28.7 Å². The van der Waals surface area contributed by atoms with Crippen molar-refractivity contribution in [2.75, 3.05) is 19.8 Å². The van der Waals surface area contributed by atoms with E-state index in [0.29, 0.717) is 48.4 Å². The molecule has 0 aromatic heterocycles. The smallest absolute Gasteiger partial charge is 0.343 e. The maximum absolute atomic E-state index is 12.5. The van der Waals surface area contributed by atoms with Crippen molar-refractivity contribution in [3.63, 3.8) is 0 Å². The minimum atomic E-state index is -0.590. The van der Waals surface area contributed by atoms with Crippen LogP contribution in [0.15, 0.2) is 127 Å². The molecule has 0 amide bonds.